The quantitative estimate of drug-likeness (QED) is 0.721. The van der Waals surface area contributed by atoms with E-state index in [9.17, 15) is 0 Å². The summed E-state index contributed by atoms with van der Waals surface area (Å²) >= 11 is 0. The fourth-order valence-electron chi connectivity index (χ4n) is 2.40. The minimum atomic E-state index is 0.684. The average molecular weight is 190 g/mol. The Morgan fingerprint density at radius 2 is 2.21 bits per heavy atom. The summed E-state index contributed by atoms with van der Waals surface area (Å²) in [6, 6.07) is 6.31. The summed E-state index contributed by atoms with van der Waals surface area (Å²) in [6.07, 6.45) is 2.41. The summed E-state index contributed by atoms with van der Waals surface area (Å²) in [6.45, 7) is 1.14. The highest BCUT2D eigenvalue weighted by Gasteiger charge is 2.23. The third-order valence-electron chi connectivity index (χ3n) is 3.02. The van der Waals surface area contributed by atoms with Crippen LogP contribution < -0.4 is 5.73 Å². The molecular weight excluding hydrogens is 172 g/mol. The lowest BCUT2D eigenvalue weighted by Crippen LogP contribution is -2.18. The maximum atomic E-state index is 5.95. The molecule has 14 heavy (non-hydrogen) atoms. The number of nitrogens with two attached hydrogens (primary N) is 1. The molecule has 76 valence electrons. The van der Waals surface area contributed by atoms with Crippen molar-refractivity contribution in [3.63, 3.8) is 0 Å². The maximum absolute atomic E-state index is 5.95. The van der Waals surface area contributed by atoms with Crippen LogP contribution in [-0.2, 0) is 6.42 Å². The van der Waals surface area contributed by atoms with E-state index in [-0.39, 0.29) is 0 Å². The number of benzene rings is 1. The number of hydrogen-bond donors (Lipinski definition) is 1. The van der Waals surface area contributed by atoms with E-state index in [1.807, 2.05) is 6.07 Å². The summed E-state index contributed by atoms with van der Waals surface area (Å²) in [5.41, 5.74) is 9.79. The van der Waals surface area contributed by atoms with Crippen LogP contribution in [0, 0.1) is 0 Å². The summed E-state index contributed by atoms with van der Waals surface area (Å²) in [7, 11) is 4.26. The van der Waals surface area contributed by atoms with E-state index >= 15 is 0 Å². The van der Waals surface area contributed by atoms with Gasteiger partial charge in [-0.15, -0.1) is 0 Å². The highest BCUT2D eigenvalue weighted by Crippen LogP contribution is 2.36. The van der Waals surface area contributed by atoms with Crippen LogP contribution in [0.4, 0.5) is 5.69 Å². The Morgan fingerprint density at radius 3 is 2.93 bits per heavy atom. The molecule has 0 aromatic heterocycles. The van der Waals surface area contributed by atoms with Crippen LogP contribution in [0.3, 0.4) is 0 Å². The van der Waals surface area contributed by atoms with Crippen molar-refractivity contribution in [2.75, 3.05) is 26.4 Å². The van der Waals surface area contributed by atoms with Crippen LogP contribution in [0.2, 0.25) is 0 Å². The van der Waals surface area contributed by atoms with Crippen LogP contribution >= 0.6 is 0 Å². The molecule has 0 radical (unpaired) electrons. The van der Waals surface area contributed by atoms with Crippen molar-refractivity contribution in [1.82, 2.24) is 4.90 Å². The van der Waals surface area contributed by atoms with Crippen molar-refractivity contribution >= 4 is 5.69 Å². The number of rotatable bonds is 2. The minimum Gasteiger partial charge on any atom is -0.398 e. The summed E-state index contributed by atoms with van der Waals surface area (Å²) in [5, 5.41) is 0. The van der Waals surface area contributed by atoms with Gasteiger partial charge in [0.15, 0.2) is 0 Å². The van der Waals surface area contributed by atoms with Crippen molar-refractivity contribution in [3.05, 3.63) is 29.3 Å². The molecule has 0 aliphatic heterocycles. The number of hydrogen-bond acceptors (Lipinski definition) is 2. The number of fused-ring (bicyclic) bond motifs is 1. The van der Waals surface area contributed by atoms with Crippen LogP contribution in [-0.4, -0.2) is 25.5 Å². The first-order valence-corrected chi connectivity index (χ1v) is 5.20. The van der Waals surface area contributed by atoms with Crippen molar-refractivity contribution < 1.29 is 0 Å². The van der Waals surface area contributed by atoms with Gasteiger partial charge in [-0.05, 0) is 50.0 Å². The van der Waals surface area contributed by atoms with Gasteiger partial charge in [-0.3, -0.25) is 0 Å². The van der Waals surface area contributed by atoms with Gasteiger partial charge in [0.05, 0.1) is 0 Å². The lowest BCUT2D eigenvalue weighted by Gasteiger charge is -2.17. The van der Waals surface area contributed by atoms with Gasteiger partial charge in [-0.1, -0.05) is 12.1 Å². The number of nitrogens with zero attached hydrogens (tertiary/aromatic N) is 1. The molecule has 2 rings (SSSR count). The third-order valence-corrected chi connectivity index (χ3v) is 3.02. The van der Waals surface area contributed by atoms with E-state index < -0.39 is 0 Å². The Morgan fingerprint density at radius 1 is 1.43 bits per heavy atom. The monoisotopic (exact) mass is 190 g/mol. The van der Waals surface area contributed by atoms with E-state index in [0.717, 1.165) is 18.7 Å². The summed E-state index contributed by atoms with van der Waals surface area (Å²) in [5.74, 6) is 0.684. The average Bonchev–Trinajstić information content (AvgIpc) is 2.49. The Balaban J connectivity index is 2.26. The molecule has 0 bridgehead atoms. The fourth-order valence-corrected chi connectivity index (χ4v) is 2.40. The summed E-state index contributed by atoms with van der Waals surface area (Å²) < 4.78 is 0. The van der Waals surface area contributed by atoms with E-state index in [2.05, 4.69) is 31.1 Å². The van der Waals surface area contributed by atoms with Gasteiger partial charge in [-0.25, -0.2) is 0 Å². The molecule has 1 aliphatic carbocycles. The third kappa shape index (κ3) is 1.62. The molecule has 1 atom stereocenters. The molecule has 0 heterocycles. The molecule has 0 saturated heterocycles. The molecule has 1 aromatic rings. The van der Waals surface area contributed by atoms with Crippen LogP contribution in [0.25, 0.3) is 0 Å². The van der Waals surface area contributed by atoms with Crippen molar-refractivity contribution in [3.8, 4) is 0 Å². The first-order valence-electron chi connectivity index (χ1n) is 5.20. The maximum Gasteiger partial charge on any atom is 0.0349 e. The van der Waals surface area contributed by atoms with Crippen LogP contribution in [0.5, 0.6) is 0 Å². The van der Waals surface area contributed by atoms with Gasteiger partial charge in [0.1, 0.15) is 0 Å². The van der Waals surface area contributed by atoms with Gasteiger partial charge in [0, 0.05) is 12.2 Å². The van der Waals surface area contributed by atoms with Gasteiger partial charge < -0.3 is 10.6 Å². The second kappa shape index (κ2) is 3.62. The highest BCUT2D eigenvalue weighted by atomic mass is 15.1. The molecular formula is C12H18N2. The molecule has 0 saturated carbocycles. The molecule has 0 amide bonds. The molecule has 0 fully saturated rings. The largest absolute Gasteiger partial charge is 0.398 e. The molecule has 2 heteroatoms. The number of likely N-dealkylation sites (N-methyl/N-ethyl adjacent to an activating group) is 1. The molecule has 1 unspecified atom stereocenters. The topological polar surface area (TPSA) is 29.3 Å². The van der Waals surface area contributed by atoms with Gasteiger partial charge in [-0.2, -0.15) is 0 Å². The summed E-state index contributed by atoms with van der Waals surface area (Å²) in [4.78, 5) is 2.25. The highest BCUT2D eigenvalue weighted by molar-refractivity contribution is 5.54. The first kappa shape index (κ1) is 9.53. The fraction of sp³-hybridized carbons (Fsp3) is 0.500. The van der Waals surface area contributed by atoms with Crippen molar-refractivity contribution in [1.29, 1.82) is 0 Å². The minimum absolute atomic E-state index is 0.684. The Labute approximate surface area is 85.7 Å². The molecule has 1 aliphatic rings. The second-order valence-electron chi connectivity index (χ2n) is 4.41. The van der Waals surface area contributed by atoms with Crippen LogP contribution in [0.15, 0.2) is 18.2 Å². The van der Waals surface area contributed by atoms with E-state index in [0.29, 0.717) is 5.92 Å². The Bertz CT molecular complexity index is 331. The number of nitrogen functional groups attached to an aromatic ring is 1. The standard InChI is InChI=1S/C12H18N2/c1-14(2)8-9-6-7-11-10(9)4-3-5-12(11)13/h3-5,9H,6-8,13H2,1-2H3. The van der Waals surface area contributed by atoms with Crippen molar-refractivity contribution in [2.45, 2.75) is 18.8 Å². The predicted octanol–water partition coefficient (Wildman–Crippen LogP) is 1.86. The Hall–Kier alpha value is -1.02. The van der Waals surface area contributed by atoms with E-state index in [1.54, 1.807) is 0 Å². The normalized spacial score (nSPS) is 20.1. The number of anilines is 1. The second-order valence-corrected chi connectivity index (χ2v) is 4.41. The molecule has 1 aromatic carbocycles. The smallest absolute Gasteiger partial charge is 0.0349 e. The van der Waals surface area contributed by atoms with Crippen molar-refractivity contribution in [2.24, 2.45) is 0 Å². The molecule has 0 spiro atoms. The molecule has 2 N–H and O–H groups in total. The SMILES string of the molecule is CN(C)CC1CCc2c(N)cccc21. The first-order chi connectivity index (χ1) is 6.68. The predicted molar refractivity (Wildman–Crippen MR) is 60.5 cm³/mol. The van der Waals surface area contributed by atoms with Gasteiger partial charge in [0.2, 0.25) is 0 Å². The molecule has 2 nitrogen and oxygen atoms in total. The zero-order valence-corrected chi connectivity index (χ0v) is 8.96. The van der Waals surface area contributed by atoms with Gasteiger partial charge >= 0.3 is 0 Å². The zero-order valence-electron chi connectivity index (χ0n) is 8.96. The lowest BCUT2D eigenvalue weighted by molar-refractivity contribution is 0.372. The van der Waals surface area contributed by atoms with E-state index in [1.165, 1.54) is 17.5 Å². The van der Waals surface area contributed by atoms with Gasteiger partial charge in [0.25, 0.3) is 0 Å². The van der Waals surface area contributed by atoms with E-state index in [4.69, 9.17) is 5.73 Å². The lowest BCUT2D eigenvalue weighted by atomic mass is 10.0. The van der Waals surface area contributed by atoms with Crippen LogP contribution in [0.1, 0.15) is 23.5 Å². The zero-order chi connectivity index (χ0) is 10.1. The Kier molecular flexibility index (Phi) is 2.46.